The third-order valence-electron chi connectivity index (χ3n) is 2.00. The predicted octanol–water partition coefficient (Wildman–Crippen LogP) is 0.755. The highest BCUT2D eigenvalue weighted by atomic mass is 16.4. The summed E-state index contributed by atoms with van der Waals surface area (Å²) in [5.74, 6) is -1.52. The number of nitrogens with one attached hydrogen (secondary N) is 2. The number of carboxylic acid groups (broad SMARTS) is 1. The maximum Gasteiger partial charge on any atom is 0.354 e. The maximum absolute atomic E-state index is 11.6. The van der Waals surface area contributed by atoms with Gasteiger partial charge in [0.1, 0.15) is 5.69 Å². The zero-order valence-electron chi connectivity index (χ0n) is 8.54. The van der Waals surface area contributed by atoms with E-state index in [2.05, 4.69) is 20.5 Å². The third kappa shape index (κ3) is 2.46. The van der Waals surface area contributed by atoms with Crippen LogP contribution in [0.25, 0.3) is 0 Å². The van der Waals surface area contributed by atoms with E-state index < -0.39 is 5.97 Å². The van der Waals surface area contributed by atoms with Crippen LogP contribution in [-0.2, 0) is 0 Å². The van der Waals surface area contributed by atoms with Gasteiger partial charge in [-0.25, -0.2) is 9.78 Å². The minimum absolute atomic E-state index is 0.130. The summed E-state index contributed by atoms with van der Waals surface area (Å²) in [6.45, 7) is 0. The summed E-state index contributed by atoms with van der Waals surface area (Å²) < 4.78 is 0. The van der Waals surface area contributed by atoms with Gasteiger partial charge in [0, 0.05) is 18.1 Å². The molecule has 0 aliphatic heterocycles. The van der Waals surface area contributed by atoms with Gasteiger partial charge < -0.3 is 10.4 Å². The van der Waals surface area contributed by atoms with E-state index in [0.29, 0.717) is 11.3 Å². The minimum atomic E-state index is -1.15. The fourth-order valence-corrected chi connectivity index (χ4v) is 1.20. The van der Waals surface area contributed by atoms with Gasteiger partial charge in [-0.2, -0.15) is 5.10 Å². The van der Waals surface area contributed by atoms with Crippen molar-refractivity contribution >= 4 is 17.6 Å². The van der Waals surface area contributed by atoms with Gasteiger partial charge in [-0.05, 0) is 12.1 Å². The van der Waals surface area contributed by atoms with Gasteiger partial charge in [-0.15, -0.1) is 0 Å². The largest absolute Gasteiger partial charge is 0.477 e. The molecular formula is C10H8N4O3. The molecule has 0 bridgehead atoms. The fourth-order valence-electron chi connectivity index (χ4n) is 1.20. The van der Waals surface area contributed by atoms with Crippen molar-refractivity contribution in [1.82, 2.24) is 15.2 Å². The van der Waals surface area contributed by atoms with Crippen molar-refractivity contribution in [1.29, 1.82) is 0 Å². The number of hydrogen-bond acceptors (Lipinski definition) is 4. The van der Waals surface area contributed by atoms with E-state index in [1.165, 1.54) is 30.7 Å². The lowest BCUT2D eigenvalue weighted by Crippen LogP contribution is -2.12. The average molecular weight is 232 g/mol. The molecule has 3 N–H and O–H groups in total. The Kier molecular flexibility index (Phi) is 2.82. The van der Waals surface area contributed by atoms with E-state index >= 15 is 0 Å². The number of aromatic carboxylic acids is 1. The van der Waals surface area contributed by atoms with Crippen molar-refractivity contribution in [3.05, 3.63) is 42.0 Å². The zero-order chi connectivity index (χ0) is 12.3. The van der Waals surface area contributed by atoms with Gasteiger partial charge in [-0.3, -0.25) is 9.89 Å². The quantitative estimate of drug-likeness (QED) is 0.723. The number of aromatic amines is 1. The molecule has 0 saturated heterocycles. The second kappa shape index (κ2) is 4.44. The number of nitrogens with zero attached hydrogens (tertiary/aromatic N) is 2. The first-order valence-electron chi connectivity index (χ1n) is 4.66. The number of amides is 1. The van der Waals surface area contributed by atoms with Gasteiger partial charge in [0.2, 0.25) is 0 Å². The molecule has 0 atom stereocenters. The van der Waals surface area contributed by atoms with E-state index in [1.54, 1.807) is 0 Å². The van der Waals surface area contributed by atoms with Gasteiger partial charge in [0.15, 0.2) is 0 Å². The molecule has 1 amide bonds. The number of rotatable bonds is 3. The number of carbonyl (C=O) groups is 2. The number of carbonyl (C=O) groups excluding carboxylic acids is 1. The first kappa shape index (κ1) is 10.8. The smallest absolute Gasteiger partial charge is 0.354 e. The molecular weight excluding hydrogens is 224 g/mol. The predicted molar refractivity (Wildman–Crippen MR) is 57.7 cm³/mol. The lowest BCUT2D eigenvalue weighted by atomic mass is 10.3. The molecule has 0 radical (unpaired) electrons. The summed E-state index contributed by atoms with van der Waals surface area (Å²) in [5, 5.41) is 17.4. The van der Waals surface area contributed by atoms with Crippen molar-refractivity contribution in [3.8, 4) is 0 Å². The Labute approximate surface area is 95.5 Å². The van der Waals surface area contributed by atoms with E-state index in [0.717, 1.165) is 0 Å². The lowest BCUT2D eigenvalue weighted by molar-refractivity contribution is 0.0690. The van der Waals surface area contributed by atoms with Gasteiger partial charge in [0.05, 0.1) is 11.8 Å². The molecule has 2 aromatic heterocycles. The summed E-state index contributed by atoms with van der Waals surface area (Å²) in [6.07, 6.45) is 4.12. The molecule has 2 aromatic rings. The molecule has 0 unspecified atom stereocenters. The van der Waals surface area contributed by atoms with Gasteiger partial charge >= 0.3 is 5.97 Å². The van der Waals surface area contributed by atoms with Crippen molar-refractivity contribution in [3.63, 3.8) is 0 Å². The summed E-state index contributed by atoms with van der Waals surface area (Å²) >= 11 is 0. The zero-order valence-corrected chi connectivity index (χ0v) is 8.54. The fraction of sp³-hybridized carbons (Fsp3) is 0. The van der Waals surface area contributed by atoms with Crippen molar-refractivity contribution in [2.24, 2.45) is 0 Å². The lowest BCUT2D eigenvalue weighted by Gasteiger charge is -2.03. The van der Waals surface area contributed by atoms with Crippen LogP contribution < -0.4 is 5.32 Å². The molecule has 0 spiro atoms. The van der Waals surface area contributed by atoms with Gasteiger partial charge in [-0.1, -0.05) is 0 Å². The van der Waals surface area contributed by atoms with E-state index in [1.807, 2.05) is 0 Å². The van der Waals surface area contributed by atoms with Crippen LogP contribution in [0.15, 0.2) is 30.7 Å². The van der Waals surface area contributed by atoms with Crippen LogP contribution in [0, 0.1) is 0 Å². The van der Waals surface area contributed by atoms with Crippen LogP contribution in [0.1, 0.15) is 20.8 Å². The van der Waals surface area contributed by atoms with Crippen molar-refractivity contribution < 1.29 is 14.7 Å². The van der Waals surface area contributed by atoms with Crippen LogP contribution in [0.2, 0.25) is 0 Å². The van der Waals surface area contributed by atoms with E-state index in [9.17, 15) is 9.59 Å². The first-order valence-corrected chi connectivity index (χ1v) is 4.66. The number of carboxylic acids is 1. The molecule has 86 valence electrons. The third-order valence-corrected chi connectivity index (χ3v) is 2.00. The molecule has 2 rings (SSSR count). The normalized spacial score (nSPS) is 9.88. The number of hydrogen-bond donors (Lipinski definition) is 3. The van der Waals surface area contributed by atoms with Crippen LogP contribution in [-0.4, -0.2) is 32.2 Å². The Morgan fingerprint density at radius 2 is 2.24 bits per heavy atom. The standard InChI is InChI=1S/C10H8N4O3/c15-9(6-4-12-13-5-6)14-7-1-2-11-8(3-7)10(16)17/h1-5H,(H,12,13)(H,16,17)(H,11,14,15). The summed E-state index contributed by atoms with van der Waals surface area (Å²) in [4.78, 5) is 25.9. The molecule has 0 saturated carbocycles. The first-order chi connectivity index (χ1) is 8.16. The van der Waals surface area contributed by atoms with Gasteiger partial charge in [0.25, 0.3) is 5.91 Å². The summed E-state index contributed by atoms with van der Waals surface area (Å²) in [6, 6.07) is 2.78. The Morgan fingerprint density at radius 1 is 1.41 bits per heavy atom. The highest BCUT2D eigenvalue weighted by Crippen LogP contribution is 2.09. The summed E-state index contributed by atoms with van der Waals surface area (Å²) in [5.41, 5.74) is 0.595. The Bertz CT molecular complexity index is 550. The SMILES string of the molecule is O=C(Nc1ccnc(C(=O)O)c1)c1cn[nH]c1. The monoisotopic (exact) mass is 232 g/mol. The molecule has 0 aliphatic carbocycles. The highest BCUT2D eigenvalue weighted by molar-refractivity contribution is 6.04. The highest BCUT2D eigenvalue weighted by Gasteiger charge is 2.09. The maximum atomic E-state index is 11.6. The Hall–Kier alpha value is -2.70. The van der Waals surface area contributed by atoms with Crippen LogP contribution in [0.3, 0.4) is 0 Å². The van der Waals surface area contributed by atoms with Crippen molar-refractivity contribution in [2.45, 2.75) is 0 Å². The molecule has 2 heterocycles. The van der Waals surface area contributed by atoms with Crippen LogP contribution in [0.5, 0.6) is 0 Å². The second-order valence-corrected chi connectivity index (χ2v) is 3.18. The molecule has 0 fully saturated rings. The minimum Gasteiger partial charge on any atom is -0.477 e. The number of pyridine rings is 1. The topological polar surface area (TPSA) is 108 Å². The molecule has 0 aromatic carbocycles. The second-order valence-electron chi connectivity index (χ2n) is 3.18. The Balaban J connectivity index is 2.16. The average Bonchev–Trinajstić information content (AvgIpc) is 2.82. The van der Waals surface area contributed by atoms with Crippen LogP contribution in [0.4, 0.5) is 5.69 Å². The number of aromatic nitrogens is 3. The molecule has 7 nitrogen and oxygen atoms in total. The Morgan fingerprint density at radius 3 is 2.88 bits per heavy atom. The number of anilines is 1. The van der Waals surface area contributed by atoms with E-state index in [-0.39, 0.29) is 11.6 Å². The molecule has 0 aliphatic rings. The van der Waals surface area contributed by atoms with Crippen LogP contribution >= 0.6 is 0 Å². The van der Waals surface area contributed by atoms with E-state index in [4.69, 9.17) is 5.11 Å². The summed E-state index contributed by atoms with van der Waals surface area (Å²) in [7, 11) is 0. The number of H-pyrrole nitrogens is 1. The molecule has 7 heteroatoms. The van der Waals surface area contributed by atoms with Crippen molar-refractivity contribution in [2.75, 3.05) is 5.32 Å². The molecule has 17 heavy (non-hydrogen) atoms.